The van der Waals surface area contributed by atoms with Crippen LogP contribution in [-0.4, -0.2) is 29.9 Å². The number of likely N-dealkylation sites (tertiary alicyclic amines) is 1. The number of anilines is 1. The van der Waals surface area contributed by atoms with Crippen LogP contribution < -0.4 is 10.6 Å². The first-order valence-electron chi connectivity index (χ1n) is 6.57. The highest BCUT2D eigenvalue weighted by molar-refractivity contribution is 5.73. The molecule has 0 radical (unpaired) electrons. The first-order valence-corrected chi connectivity index (χ1v) is 6.57. The van der Waals surface area contributed by atoms with E-state index in [1.165, 1.54) is 16.8 Å². The highest BCUT2D eigenvalue weighted by Crippen LogP contribution is 2.26. The zero-order chi connectivity index (χ0) is 12.5. The van der Waals surface area contributed by atoms with Gasteiger partial charge < -0.3 is 15.5 Å². The predicted molar refractivity (Wildman–Crippen MR) is 71.3 cm³/mol. The number of fused-ring (bicyclic) bond motifs is 1. The topological polar surface area (TPSA) is 44.4 Å². The molecule has 3 rings (SSSR count). The third kappa shape index (κ3) is 2.08. The van der Waals surface area contributed by atoms with Crippen LogP contribution in [0, 0.1) is 0 Å². The van der Waals surface area contributed by atoms with Crippen LogP contribution in [0.1, 0.15) is 24.5 Å². The van der Waals surface area contributed by atoms with Crippen molar-refractivity contribution in [3.8, 4) is 0 Å². The summed E-state index contributed by atoms with van der Waals surface area (Å²) >= 11 is 0. The fraction of sp³-hybridized carbons (Fsp3) is 0.500. The lowest BCUT2D eigenvalue weighted by atomic mass is 10.1. The summed E-state index contributed by atoms with van der Waals surface area (Å²) in [5.41, 5.74) is 4.01. The second-order valence-corrected chi connectivity index (χ2v) is 5.14. The van der Waals surface area contributed by atoms with Crippen LogP contribution in [-0.2, 0) is 17.9 Å². The van der Waals surface area contributed by atoms with Gasteiger partial charge in [0.25, 0.3) is 0 Å². The van der Waals surface area contributed by atoms with Crippen LogP contribution in [0.2, 0.25) is 0 Å². The average molecular weight is 245 g/mol. The largest absolute Gasteiger partial charge is 0.380 e. The van der Waals surface area contributed by atoms with Gasteiger partial charge in [-0.1, -0.05) is 12.1 Å². The minimum Gasteiger partial charge on any atom is -0.380 e. The summed E-state index contributed by atoms with van der Waals surface area (Å²) in [5.74, 6) is 0.180. The third-order valence-electron chi connectivity index (χ3n) is 3.88. The van der Waals surface area contributed by atoms with Crippen molar-refractivity contribution in [1.82, 2.24) is 10.2 Å². The number of nitrogens with one attached hydrogen (secondary N) is 2. The van der Waals surface area contributed by atoms with Gasteiger partial charge in [0.1, 0.15) is 0 Å². The molecular formula is C14H19N3O. The molecule has 1 aromatic rings. The Bertz CT molecular complexity index is 472. The third-order valence-corrected chi connectivity index (χ3v) is 3.88. The van der Waals surface area contributed by atoms with Crippen molar-refractivity contribution < 1.29 is 4.79 Å². The van der Waals surface area contributed by atoms with Crippen LogP contribution >= 0.6 is 0 Å². The molecule has 2 aliphatic rings. The Morgan fingerprint density at radius 3 is 3.11 bits per heavy atom. The van der Waals surface area contributed by atoms with Gasteiger partial charge in [-0.3, -0.25) is 4.79 Å². The maximum atomic E-state index is 11.3. The Morgan fingerprint density at radius 2 is 2.33 bits per heavy atom. The number of carbonyl (C=O) groups excluding carboxylic acids is 1. The lowest BCUT2D eigenvalue weighted by Gasteiger charge is -2.18. The van der Waals surface area contributed by atoms with Gasteiger partial charge in [-0.2, -0.15) is 0 Å². The van der Waals surface area contributed by atoms with Crippen LogP contribution in [0.4, 0.5) is 5.69 Å². The Morgan fingerprint density at radius 1 is 1.44 bits per heavy atom. The second-order valence-electron chi connectivity index (χ2n) is 5.14. The van der Waals surface area contributed by atoms with E-state index in [0.29, 0.717) is 6.04 Å². The van der Waals surface area contributed by atoms with Crippen molar-refractivity contribution in [2.75, 3.05) is 18.4 Å². The number of carbonyl (C=O) groups is 1. The van der Waals surface area contributed by atoms with Crippen molar-refractivity contribution in [1.29, 1.82) is 0 Å². The summed E-state index contributed by atoms with van der Waals surface area (Å²) in [6.45, 7) is 5.26. The smallest absolute Gasteiger partial charge is 0.219 e. The van der Waals surface area contributed by atoms with E-state index in [1.807, 2.05) is 4.90 Å². The monoisotopic (exact) mass is 245 g/mol. The SMILES string of the molecule is CC(=O)N1CC[C@H](Nc2cccc3c2CNC3)C1. The summed E-state index contributed by atoms with van der Waals surface area (Å²) in [6, 6.07) is 6.81. The predicted octanol–water partition coefficient (Wildman–Crippen LogP) is 1.32. The van der Waals surface area contributed by atoms with Gasteiger partial charge >= 0.3 is 0 Å². The van der Waals surface area contributed by atoms with Crippen molar-refractivity contribution in [2.24, 2.45) is 0 Å². The minimum absolute atomic E-state index is 0.180. The zero-order valence-electron chi connectivity index (χ0n) is 10.7. The summed E-state index contributed by atoms with van der Waals surface area (Å²) in [5, 5.41) is 6.97. The van der Waals surface area contributed by atoms with Gasteiger partial charge in [-0.25, -0.2) is 0 Å². The lowest BCUT2D eigenvalue weighted by molar-refractivity contribution is -0.127. The highest BCUT2D eigenvalue weighted by Gasteiger charge is 2.25. The average Bonchev–Trinajstić information content (AvgIpc) is 2.97. The molecule has 1 aromatic carbocycles. The van der Waals surface area contributed by atoms with Crippen molar-refractivity contribution in [2.45, 2.75) is 32.5 Å². The first kappa shape index (κ1) is 11.5. The van der Waals surface area contributed by atoms with E-state index in [9.17, 15) is 4.79 Å². The minimum atomic E-state index is 0.180. The van der Waals surface area contributed by atoms with Crippen LogP contribution in [0.3, 0.4) is 0 Å². The number of nitrogens with zero attached hydrogens (tertiary/aromatic N) is 1. The summed E-state index contributed by atoms with van der Waals surface area (Å²) < 4.78 is 0. The maximum absolute atomic E-state index is 11.3. The Balaban J connectivity index is 1.71. The second kappa shape index (κ2) is 4.61. The fourth-order valence-corrected chi connectivity index (χ4v) is 2.85. The number of amides is 1. The molecule has 4 heteroatoms. The molecule has 0 aliphatic carbocycles. The van der Waals surface area contributed by atoms with Crippen molar-refractivity contribution in [3.63, 3.8) is 0 Å². The van der Waals surface area contributed by atoms with Gasteiger partial charge in [0.2, 0.25) is 5.91 Å². The highest BCUT2D eigenvalue weighted by atomic mass is 16.2. The number of benzene rings is 1. The van der Waals surface area contributed by atoms with E-state index < -0.39 is 0 Å². The number of rotatable bonds is 2. The van der Waals surface area contributed by atoms with E-state index >= 15 is 0 Å². The molecule has 1 fully saturated rings. The molecule has 0 unspecified atom stereocenters. The molecular weight excluding hydrogens is 226 g/mol. The van der Waals surface area contributed by atoms with Crippen molar-refractivity contribution >= 4 is 11.6 Å². The molecule has 0 spiro atoms. The maximum Gasteiger partial charge on any atom is 0.219 e. The molecule has 2 heterocycles. The Kier molecular flexibility index (Phi) is 2.96. The molecule has 2 aliphatic heterocycles. The molecule has 0 bridgehead atoms. The standard InChI is InChI=1S/C14H19N3O/c1-10(18)17-6-5-12(9-17)16-14-4-2-3-11-7-15-8-13(11)14/h2-4,12,15-16H,5-9H2,1H3/t12-/m0/s1. The number of hydrogen-bond donors (Lipinski definition) is 2. The molecule has 0 saturated carbocycles. The van der Waals surface area contributed by atoms with E-state index in [1.54, 1.807) is 6.92 Å². The molecule has 1 atom stereocenters. The Hall–Kier alpha value is -1.55. The van der Waals surface area contributed by atoms with Crippen LogP contribution in [0.25, 0.3) is 0 Å². The first-order chi connectivity index (χ1) is 8.74. The molecule has 18 heavy (non-hydrogen) atoms. The normalized spacial score (nSPS) is 22.1. The molecule has 2 N–H and O–H groups in total. The molecule has 96 valence electrons. The van der Waals surface area contributed by atoms with Crippen molar-refractivity contribution in [3.05, 3.63) is 29.3 Å². The van der Waals surface area contributed by atoms with E-state index in [0.717, 1.165) is 32.6 Å². The van der Waals surface area contributed by atoms with Gasteiger partial charge in [-0.05, 0) is 23.6 Å². The summed E-state index contributed by atoms with van der Waals surface area (Å²) in [6.07, 6.45) is 1.04. The van der Waals surface area contributed by atoms with Gasteiger partial charge in [-0.15, -0.1) is 0 Å². The fourth-order valence-electron chi connectivity index (χ4n) is 2.85. The van der Waals surface area contributed by atoms with Gasteiger partial charge in [0, 0.05) is 44.8 Å². The summed E-state index contributed by atoms with van der Waals surface area (Å²) in [4.78, 5) is 13.2. The van der Waals surface area contributed by atoms with Gasteiger partial charge in [0.05, 0.1) is 0 Å². The molecule has 4 nitrogen and oxygen atoms in total. The Labute approximate surface area is 107 Å². The molecule has 1 saturated heterocycles. The lowest BCUT2D eigenvalue weighted by Crippen LogP contribution is -2.29. The van der Waals surface area contributed by atoms with E-state index in [4.69, 9.17) is 0 Å². The summed E-state index contributed by atoms with van der Waals surface area (Å²) in [7, 11) is 0. The van der Waals surface area contributed by atoms with Gasteiger partial charge in [0.15, 0.2) is 0 Å². The number of hydrogen-bond acceptors (Lipinski definition) is 3. The van der Waals surface area contributed by atoms with E-state index in [2.05, 4.69) is 28.8 Å². The molecule has 1 amide bonds. The zero-order valence-corrected chi connectivity index (χ0v) is 10.7. The van der Waals surface area contributed by atoms with Crippen LogP contribution in [0.15, 0.2) is 18.2 Å². The molecule has 0 aromatic heterocycles. The van der Waals surface area contributed by atoms with Crippen LogP contribution in [0.5, 0.6) is 0 Å². The van der Waals surface area contributed by atoms with E-state index in [-0.39, 0.29) is 5.91 Å². The quantitative estimate of drug-likeness (QED) is 0.826.